The number of rotatable bonds is 12. The molecule has 0 unspecified atom stereocenters. The standard InChI is InChI=1S/C54H88O23/c1-49(2)14-16-54(48(69)77-46-41(68)38(65)34(61)27(21-57)72-46)17-15-52(6)23(24(54)18-49)8-9-30-51(5)12-11-31(50(3,4)29(51)10-13-53(30,52)7)74-47-43(76-45-40(67)37(64)33(60)26(20-56)71-45)42(35(62)28(22-58)73-47)75-44-39(66)36(63)32(59)25(19-55)70-44/h8,24-47,55-68H,9-22H2,1-7H3/t24-,25+,26+,27+,28+,29-,30+,31-,32+,33-,34+,35-,36-,37-,38-,39+,40+,41+,42-,43+,44-,45-,46-,47-,51-,52+,53+,54-/m0/s1. The molecule has 28 atom stereocenters. The van der Waals surface area contributed by atoms with Crippen LogP contribution in [0, 0.1) is 50.2 Å². The summed E-state index contributed by atoms with van der Waals surface area (Å²) in [5.41, 5.74) is -1.27. The first-order chi connectivity index (χ1) is 36.1. The number of hydrogen-bond donors (Lipinski definition) is 14. The number of esters is 1. The van der Waals surface area contributed by atoms with Crippen molar-refractivity contribution in [3.63, 3.8) is 0 Å². The van der Waals surface area contributed by atoms with Gasteiger partial charge in [-0.05, 0) is 109 Å². The van der Waals surface area contributed by atoms with Crippen LogP contribution in [0.3, 0.4) is 0 Å². The second-order valence-corrected chi connectivity index (χ2v) is 26.3. The summed E-state index contributed by atoms with van der Waals surface area (Å²) in [6, 6.07) is 0. The van der Waals surface area contributed by atoms with Crippen LogP contribution >= 0.6 is 0 Å². The quantitative estimate of drug-likeness (QED) is 0.0569. The predicted octanol–water partition coefficient (Wildman–Crippen LogP) is -2.04. The fraction of sp³-hybridized carbons (Fsp3) is 0.944. The van der Waals surface area contributed by atoms with E-state index in [-0.39, 0.29) is 39.4 Å². The van der Waals surface area contributed by atoms with E-state index in [2.05, 4.69) is 54.5 Å². The Morgan fingerprint density at radius 3 is 1.55 bits per heavy atom. The molecule has 4 saturated heterocycles. The summed E-state index contributed by atoms with van der Waals surface area (Å²) in [5, 5.41) is 149. The van der Waals surface area contributed by atoms with Crippen molar-refractivity contribution < 1.29 is 114 Å². The molecule has 14 N–H and O–H groups in total. The van der Waals surface area contributed by atoms with Gasteiger partial charge >= 0.3 is 5.97 Å². The lowest BCUT2D eigenvalue weighted by molar-refractivity contribution is -0.399. The number of hydrogen-bond acceptors (Lipinski definition) is 23. The summed E-state index contributed by atoms with van der Waals surface area (Å²) in [5.74, 6) is -0.507. The van der Waals surface area contributed by atoms with E-state index in [0.29, 0.717) is 32.1 Å². The van der Waals surface area contributed by atoms with E-state index in [0.717, 1.165) is 32.1 Å². The van der Waals surface area contributed by atoms with E-state index < -0.39 is 172 Å². The van der Waals surface area contributed by atoms with Gasteiger partial charge in [0.15, 0.2) is 18.9 Å². The molecule has 8 fully saturated rings. The van der Waals surface area contributed by atoms with E-state index in [9.17, 15) is 76.3 Å². The Hall–Kier alpha value is -1.63. The molecule has 0 aromatic rings. The van der Waals surface area contributed by atoms with Gasteiger partial charge in [-0.3, -0.25) is 4.79 Å². The van der Waals surface area contributed by atoms with E-state index in [4.69, 9.17) is 37.9 Å². The number of aliphatic hydroxyl groups is 14. The van der Waals surface area contributed by atoms with Gasteiger partial charge in [0.25, 0.3) is 0 Å². The first kappa shape index (κ1) is 60.0. The average molecular weight is 1110 g/mol. The van der Waals surface area contributed by atoms with Gasteiger partial charge in [-0.2, -0.15) is 0 Å². The average Bonchev–Trinajstić information content (AvgIpc) is 3.55. The van der Waals surface area contributed by atoms with Gasteiger partial charge in [0.1, 0.15) is 97.7 Å². The van der Waals surface area contributed by atoms with Crippen LogP contribution in [0.25, 0.3) is 0 Å². The van der Waals surface area contributed by atoms with Gasteiger partial charge in [-0.15, -0.1) is 0 Å². The second kappa shape index (κ2) is 21.8. The number of fused-ring (bicyclic) bond motifs is 7. The molecule has 4 aliphatic heterocycles. The van der Waals surface area contributed by atoms with Crippen molar-refractivity contribution in [2.24, 2.45) is 50.2 Å². The molecule has 0 spiro atoms. The van der Waals surface area contributed by atoms with Crippen molar-refractivity contribution in [3.05, 3.63) is 11.6 Å². The van der Waals surface area contributed by atoms with Gasteiger partial charge in [0.2, 0.25) is 6.29 Å². The third-order valence-electron chi connectivity index (χ3n) is 21.4. The smallest absolute Gasteiger partial charge is 0.315 e. The minimum atomic E-state index is -1.94. The zero-order chi connectivity index (χ0) is 56.3. The lowest BCUT2D eigenvalue weighted by Crippen LogP contribution is -2.68. The fourth-order valence-electron chi connectivity index (χ4n) is 16.5. The molecule has 9 aliphatic rings. The predicted molar refractivity (Wildman–Crippen MR) is 263 cm³/mol. The lowest BCUT2D eigenvalue weighted by atomic mass is 9.33. The molecule has 23 heteroatoms. The number of carbonyl (C=O) groups is 1. The SMILES string of the molecule is CC1(C)CC[C@]2(C(=O)O[C@@H]3O[C@H](CO)[C@@H](O)[C@H](O)[C@H]3O)CC[C@]3(C)C(=CC[C@@H]4[C@@]5(C)CC[C@H](O[C@@H]6O[C@H](CO)[C@H](O)[C@H](O[C@@H]7O[C@H](CO)[C@@H](O)[C@H](O)[C@H]7O)[C@H]6O[C@@H]6O[C@H](CO)[C@H](O)[C@H](O)[C@H]6O)C(C)(C)[C@@H]5CC[C@]43C)[C@@H]2C1. The summed E-state index contributed by atoms with van der Waals surface area (Å²) in [6.07, 6.45) is -25.0. The Morgan fingerprint density at radius 1 is 0.519 bits per heavy atom. The van der Waals surface area contributed by atoms with Crippen molar-refractivity contribution in [1.82, 2.24) is 0 Å². The lowest BCUT2D eigenvalue weighted by Gasteiger charge is -2.71. The van der Waals surface area contributed by atoms with E-state index >= 15 is 0 Å². The van der Waals surface area contributed by atoms with Crippen LogP contribution < -0.4 is 0 Å². The molecular formula is C54H88O23. The maximum absolute atomic E-state index is 14.8. The molecule has 5 aliphatic carbocycles. The van der Waals surface area contributed by atoms with Crippen LogP contribution in [0.5, 0.6) is 0 Å². The molecule has 4 saturated carbocycles. The largest absolute Gasteiger partial charge is 0.432 e. The topological polar surface area (TPSA) is 374 Å². The van der Waals surface area contributed by atoms with Crippen LogP contribution in [-0.2, 0) is 42.7 Å². The molecule has 0 aromatic heterocycles. The van der Waals surface area contributed by atoms with Crippen LogP contribution in [0.4, 0.5) is 0 Å². The van der Waals surface area contributed by atoms with Crippen molar-refractivity contribution in [2.45, 2.75) is 242 Å². The highest BCUT2D eigenvalue weighted by atomic mass is 16.8. The second-order valence-electron chi connectivity index (χ2n) is 26.3. The molecule has 0 amide bonds. The maximum Gasteiger partial charge on any atom is 0.315 e. The summed E-state index contributed by atoms with van der Waals surface area (Å²) in [7, 11) is 0. The Kier molecular flexibility index (Phi) is 17.0. The van der Waals surface area contributed by atoms with Gasteiger partial charge in [-0.25, -0.2) is 0 Å². The van der Waals surface area contributed by atoms with Crippen molar-refractivity contribution in [1.29, 1.82) is 0 Å². The number of ether oxygens (including phenoxy) is 8. The van der Waals surface area contributed by atoms with Crippen LogP contribution in [0.15, 0.2) is 11.6 Å². The highest BCUT2D eigenvalue weighted by Gasteiger charge is 2.70. The van der Waals surface area contributed by atoms with Crippen molar-refractivity contribution in [2.75, 3.05) is 26.4 Å². The van der Waals surface area contributed by atoms with Gasteiger partial charge in [0.05, 0.1) is 37.9 Å². The summed E-state index contributed by atoms with van der Waals surface area (Å²) in [6.45, 7) is 12.8. The summed E-state index contributed by atoms with van der Waals surface area (Å²) >= 11 is 0. The third kappa shape index (κ3) is 9.80. The molecular weight excluding hydrogens is 1020 g/mol. The molecule has 0 radical (unpaired) electrons. The first-order valence-corrected chi connectivity index (χ1v) is 27.8. The monoisotopic (exact) mass is 1100 g/mol. The van der Waals surface area contributed by atoms with E-state index in [1.807, 2.05) is 0 Å². The molecule has 77 heavy (non-hydrogen) atoms. The number of carbonyl (C=O) groups excluding carboxylic acids is 1. The Balaban J connectivity index is 0.995. The summed E-state index contributed by atoms with van der Waals surface area (Å²) < 4.78 is 48.9. The highest BCUT2D eigenvalue weighted by Crippen LogP contribution is 2.76. The molecule has 4 heterocycles. The molecule has 23 nitrogen and oxygen atoms in total. The number of allylic oxidation sites excluding steroid dienone is 2. The molecule has 442 valence electrons. The molecule has 0 bridgehead atoms. The fourth-order valence-corrected chi connectivity index (χ4v) is 16.5. The van der Waals surface area contributed by atoms with E-state index in [1.165, 1.54) is 5.57 Å². The van der Waals surface area contributed by atoms with Gasteiger partial charge < -0.3 is 109 Å². The van der Waals surface area contributed by atoms with Gasteiger partial charge in [-0.1, -0.05) is 60.1 Å². The Bertz CT molecular complexity index is 2110. The van der Waals surface area contributed by atoms with Crippen LogP contribution in [-0.4, -0.2) is 233 Å². The van der Waals surface area contributed by atoms with Gasteiger partial charge in [0, 0.05) is 0 Å². The number of aliphatic hydroxyl groups excluding tert-OH is 14. The molecule has 0 aromatic carbocycles. The van der Waals surface area contributed by atoms with Crippen LogP contribution in [0.2, 0.25) is 0 Å². The van der Waals surface area contributed by atoms with Crippen molar-refractivity contribution in [3.8, 4) is 0 Å². The van der Waals surface area contributed by atoms with Crippen LogP contribution in [0.1, 0.15) is 113 Å². The summed E-state index contributed by atoms with van der Waals surface area (Å²) in [4.78, 5) is 14.8. The normalized spacial score (nSPS) is 53.4. The molecule has 9 rings (SSSR count). The Labute approximate surface area is 449 Å². The van der Waals surface area contributed by atoms with E-state index in [1.54, 1.807) is 0 Å². The zero-order valence-electron chi connectivity index (χ0n) is 45.3. The minimum Gasteiger partial charge on any atom is -0.432 e. The Morgan fingerprint density at radius 2 is 1.00 bits per heavy atom. The minimum absolute atomic E-state index is 0.0454. The third-order valence-corrected chi connectivity index (χ3v) is 21.4. The highest BCUT2D eigenvalue weighted by molar-refractivity contribution is 5.79. The first-order valence-electron chi connectivity index (χ1n) is 27.8. The van der Waals surface area contributed by atoms with Crippen molar-refractivity contribution >= 4 is 5.97 Å². The zero-order valence-corrected chi connectivity index (χ0v) is 45.3. The maximum atomic E-state index is 14.8.